The molecule has 0 radical (unpaired) electrons. The highest BCUT2D eigenvalue weighted by molar-refractivity contribution is 14.1. The molecule has 0 spiro atoms. The standard InChI is InChI=1S/C12H12FIN2S/c1-7(12-6-17-8(2)16-12)15-11-4-3-9(13)5-10(11)14/h3-7,15H,1-2H3. The minimum absolute atomic E-state index is 0.124. The molecule has 0 saturated carbocycles. The minimum Gasteiger partial charge on any atom is -0.376 e. The van der Waals surface area contributed by atoms with Gasteiger partial charge in [0.25, 0.3) is 0 Å². The molecule has 90 valence electrons. The topological polar surface area (TPSA) is 24.9 Å². The van der Waals surface area contributed by atoms with E-state index in [4.69, 9.17) is 0 Å². The summed E-state index contributed by atoms with van der Waals surface area (Å²) in [6.45, 7) is 4.04. The summed E-state index contributed by atoms with van der Waals surface area (Å²) in [5.74, 6) is -0.211. The molecule has 17 heavy (non-hydrogen) atoms. The molecule has 0 bridgehead atoms. The van der Waals surface area contributed by atoms with Gasteiger partial charge in [-0.15, -0.1) is 11.3 Å². The summed E-state index contributed by atoms with van der Waals surface area (Å²) in [6, 6.07) is 4.86. The number of thiazole rings is 1. The van der Waals surface area contributed by atoms with Crippen LogP contribution in [0, 0.1) is 16.3 Å². The van der Waals surface area contributed by atoms with E-state index in [9.17, 15) is 4.39 Å². The van der Waals surface area contributed by atoms with Crippen LogP contribution in [0.4, 0.5) is 10.1 Å². The van der Waals surface area contributed by atoms with Gasteiger partial charge >= 0.3 is 0 Å². The van der Waals surface area contributed by atoms with Crippen molar-refractivity contribution in [2.45, 2.75) is 19.9 Å². The maximum absolute atomic E-state index is 13.0. The van der Waals surface area contributed by atoms with Gasteiger partial charge in [-0.2, -0.15) is 0 Å². The number of benzene rings is 1. The Morgan fingerprint density at radius 2 is 2.24 bits per heavy atom. The van der Waals surface area contributed by atoms with E-state index in [-0.39, 0.29) is 11.9 Å². The molecule has 2 rings (SSSR count). The molecule has 0 amide bonds. The minimum atomic E-state index is -0.211. The molecule has 0 aliphatic heterocycles. The molecule has 0 saturated heterocycles. The first-order valence-corrected chi connectivity index (χ1v) is 7.15. The number of aryl methyl sites for hydroxylation is 1. The van der Waals surface area contributed by atoms with Crippen molar-refractivity contribution in [3.05, 3.63) is 43.7 Å². The van der Waals surface area contributed by atoms with Gasteiger partial charge in [0.15, 0.2) is 0 Å². The number of nitrogens with zero attached hydrogens (tertiary/aromatic N) is 1. The molecule has 1 N–H and O–H groups in total. The maximum atomic E-state index is 13.0. The van der Waals surface area contributed by atoms with Gasteiger partial charge in [0.05, 0.1) is 16.7 Å². The lowest BCUT2D eigenvalue weighted by molar-refractivity contribution is 0.627. The van der Waals surface area contributed by atoms with Crippen LogP contribution in [0.2, 0.25) is 0 Å². The van der Waals surface area contributed by atoms with E-state index in [1.165, 1.54) is 12.1 Å². The van der Waals surface area contributed by atoms with Crippen molar-refractivity contribution in [2.24, 2.45) is 0 Å². The Labute approximate surface area is 117 Å². The van der Waals surface area contributed by atoms with Crippen molar-refractivity contribution in [1.29, 1.82) is 0 Å². The molecule has 0 fully saturated rings. The average molecular weight is 362 g/mol. The molecule has 0 aliphatic rings. The summed E-state index contributed by atoms with van der Waals surface area (Å²) >= 11 is 3.76. The summed E-state index contributed by atoms with van der Waals surface area (Å²) in [5.41, 5.74) is 1.96. The number of halogens is 2. The van der Waals surface area contributed by atoms with Crippen molar-refractivity contribution in [1.82, 2.24) is 4.98 Å². The molecule has 1 atom stereocenters. The van der Waals surface area contributed by atoms with Crippen LogP contribution in [0.1, 0.15) is 23.7 Å². The molecule has 2 nitrogen and oxygen atoms in total. The van der Waals surface area contributed by atoms with E-state index >= 15 is 0 Å². The van der Waals surface area contributed by atoms with Crippen LogP contribution in [0.15, 0.2) is 23.6 Å². The first-order valence-electron chi connectivity index (χ1n) is 5.20. The van der Waals surface area contributed by atoms with Crippen molar-refractivity contribution >= 4 is 39.6 Å². The Bertz CT molecular complexity index is 527. The van der Waals surface area contributed by atoms with Gasteiger partial charge in [0.1, 0.15) is 5.82 Å². The van der Waals surface area contributed by atoms with E-state index < -0.39 is 0 Å². The van der Waals surface area contributed by atoms with Crippen LogP contribution in [-0.2, 0) is 0 Å². The van der Waals surface area contributed by atoms with E-state index in [1.807, 2.05) is 19.2 Å². The van der Waals surface area contributed by atoms with E-state index in [2.05, 4.69) is 32.9 Å². The number of anilines is 1. The summed E-state index contributed by atoms with van der Waals surface area (Å²) in [7, 11) is 0. The molecule has 1 heterocycles. The SMILES string of the molecule is Cc1nc(C(C)Nc2ccc(F)cc2I)cs1. The monoisotopic (exact) mass is 362 g/mol. The molecular formula is C12H12FIN2S. The van der Waals surface area contributed by atoms with Gasteiger partial charge in [0, 0.05) is 14.6 Å². The summed E-state index contributed by atoms with van der Waals surface area (Å²) in [6.07, 6.45) is 0. The third kappa shape index (κ3) is 3.16. The fraction of sp³-hybridized carbons (Fsp3) is 0.250. The van der Waals surface area contributed by atoms with Crippen LogP contribution in [-0.4, -0.2) is 4.98 Å². The fourth-order valence-electron chi connectivity index (χ4n) is 1.49. The van der Waals surface area contributed by atoms with Crippen LogP contribution in [0.5, 0.6) is 0 Å². The van der Waals surface area contributed by atoms with E-state index in [0.717, 1.165) is 20.0 Å². The first kappa shape index (κ1) is 12.8. The second-order valence-corrected chi connectivity index (χ2v) is 6.01. The lowest BCUT2D eigenvalue weighted by Gasteiger charge is -2.14. The first-order chi connectivity index (χ1) is 8.06. The Balaban J connectivity index is 2.15. The predicted octanol–water partition coefficient (Wildman–Crippen LogP) is 4.37. The Kier molecular flexibility index (Phi) is 3.98. The number of rotatable bonds is 3. The summed E-state index contributed by atoms with van der Waals surface area (Å²) in [4.78, 5) is 4.43. The molecule has 1 unspecified atom stereocenters. The van der Waals surface area contributed by atoms with Gasteiger partial charge in [0.2, 0.25) is 0 Å². The number of aromatic nitrogens is 1. The molecule has 1 aromatic heterocycles. The fourth-order valence-corrected chi connectivity index (χ4v) is 2.83. The van der Waals surface area contributed by atoms with Gasteiger partial charge in [-0.25, -0.2) is 9.37 Å². The Morgan fingerprint density at radius 3 is 2.82 bits per heavy atom. The quantitative estimate of drug-likeness (QED) is 0.821. The smallest absolute Gasteiger partial charge is 0.124 e. The zero-order valence-electron chi connectivity index (χ0n) is 9.50. The summed E-state index contributed by atoms with van der Waals surface area (Å²) in [5, 5.41) is 6.44. The van der Waals surface area contributed by atoms with Gasteiger partial charge in [-0.05, 0) is 54.6 Å². The number of hydrogen-bond donors (Lipinski definition) is 1. The normalized spacial score (nSPS) is 12.5. The predicted molar refractivity (Wildman–Crippen MR) is 78.0 cm³/mol. The second kappa shape index (κ2) is 5.30. The summed E-state index contributed by atoms with van der Waals surface area (Å²) < 4.78 is 13.8. The highest BCUT2D eigenvalue weighted by Crippen LogP contribution is 2.25. The Morgan fingerprint density at radius 1 is 1.47 bits per heavy atom. The number of nitrogens with one attached hydrogen (secondary N) is 1. The van der Waals surface area contributed by atoms with Crippen molar-refractivity contribution < 1.29 is 4.39 Å². The molecule has 5 heteroatoms. The van der Waals surface area contributed by atoms with Crippen molar-refractivity contribution in [2.75, 3.05) is 5.32 Å². The second-order valence-electron chi connectivity index (χ2n) is 3.78. The lowest BCUT2D eigenvalue weighted by Crippen LogP contribution is -2.08. The van der Waals surface area contributed by atoms with Gasteiger partial charge < -0.3 is 5.32 Å². The third-order valence-corrected chi connectivity index (χ3v) is 4.07. The van der Waals surface area contributed by atoms with Crippen molar-refractivity contribution in [3.8, 4) is 0 Å². The average Bonchev–Trinajstić information content (AvgIpc) is 2.69. The Hall–Kier alpha value is -0.690. The van der Waals surface area contributed by atoms with Gasteiger partial charge in [-0.3, -0.25) is 0 Å². The van der Waals surface area contributed by atoms with E-state index in [0.29, 0.717) is 0 Å². The van der Waals surface area contributed by atoms with Crippen LogP contribution < -0.4 is 5.32 Å². The number of hydrogen-bond acceptors (Lipinski definition) is 3. The maximum Gasteiger partial charge on any atom is 0.124 e. The largest absolute Gasteiger partial charge is 0.376 e. The molecule has 0 aliphatic carbocycles. The molecular weight excluding hydrogens is 350 g/mol. The van der Waals surface area contributed by atoms with Crippen LogP contribution in [0.25, 0.3) is 0 Å². The zero-order chi connectivity index (χ0) is 12.4. The van der Waals surface area contributed by atoms with Crippen LogP contribution >= 0.6 is 33.9 Å². The molecule has 1 aromatic carbocycles. The van der Waals surface area contributed by atoms with Crippen molar-refractivity contribution in [3.63, 3.8) is 0 Å². The van der Waals surface area contributed by atoms with Crippen LogP contribution in [0.3, 0.4) is 0 Å². The van der Waals surface area contributed by atoms with Gasteiger partial charge in [-0.1, -0.05) is 0 Å². The lowest BCUT2D eigenvalue weighted by atomic mass is 10.2. The molecule has 2 aromatic rings. The third-order valence-electron chi connectivity index (χ3n) is 2.38. The highest BCUT2D eigenvalue weighted by Gasteiger charge is 2.10. The zero-order valence-corrected chi connectivity index (χ0v) is 12.5. The van der Waals surface area contributed by atoms with E-state index in [1.54, 1.807) is 17.4 Å². The highest BCUT2D eigenvalue weighted by atomic mass is 127.